The van der Waals surface area contributed by atoms with Gasteiger partial charge < -0.3 is 13.7 Å². The lowest BCUT2D eigenvalue weighted by Crippen LogP contribution is -2.29. The van der Waals surface area contributed by atoms with Crippen LogP contribution in [0.4, 0.5) is 0 Å². The molecule has 0 aliphatic carbocycles. The predicted octanol–water partition coefficient (Wildman–Crippen LogP) is 6.05. The van der Waals surface area contributed by atoms with Gasteiger partial charge in [-0.25, -0.2) is 4.98 Å². The summed E-state index contributed by atoms with van der Waals surface area (Å²) in [6, 6.07) is 19.3. The lowest BCUT2D eigenvalue weighted by molar-refractivity contribution is 0.0710. The summed E-state index contributed by atoms with van der Waals surface area (Å²) in [5.41, 5.74) is 0.978. The van der Waals surface area contributed by atoms with E-state index in [0.717, 1.165) is 31.6 Å². The fourth-order valence-corrected chi connectivity index (χ4v) is 5.08. The Kier molecular flexibility index (Phi) is 4.75. The van der Waals surface area contributed by atoms with Crippen molar-refractivity contribution in [3.05, 3.63) is 89.6 Å². The fraction of sp³-hybridized carbons (Fsp3) is 0.0909. The van der Waals surface area contributed by atoms with E-state index in [4.69, 9.17) is 13.8 Å². The largest absolute Gasteiger partial charge is 0.467 e. The molecular formula is C22H16N2O3S2. The molecule has 0 bridgehead atoms. The lowest BCUT2D eigenvalue weighted by Gasteiger charge is -2.19. The van der Waals surface area contributed by atoms with Crippen molar-refractivity contribution < 1.29 is 13.6 Å². The van der Waals surface area contributed by atoms with Gasteiger partial charge in [-0.2, -0.15) is 0 Å². The topological polar surface area (TPSA) is 59.5 Å². The maximum atomic E-state index is 13.3. The number of para-hydroxylation sites is 1. The Bertz CT molecular complexity index is 1170. The Morgan fingerprint density at radius 2 is 1.59 bits per heavy atom. The zero-order valence-electron chi connectivity index (χ0n) is 15.3. The molecule has 0 atom stereocenters. The lowest BCUT2D eigenvalue weighted by atomic mass is 10.3. The van der Waals surface area contributed by atoms with E-state index < -0.39 is 0 Å². The predicted molar refractivity (Wildman–Crippen MR) is 114 cm³/mol. The highest BCUT2D eigenvalue weighted by Crippen LogP contribution is 2.35. The second-order valence-electron chi connectivity index (χ2n) is 6.47. The van der Waals surface area contributed by atoms with Gasteiger partial charge in [0.15, 0.2) is 0 Å². The number of amides is 1. The van der Waals surface area contributed by atoms with Gasteiger partial charge in [0.1, 0.15) is 16.5 Å². The Morgan fingerprint density at radius 3 is 2.24 bits per heavy atom. The molecule has 0 unspecified atom stereocenters. The Hall–Kier alpha value is -3.16. The first-order valence-corrected chi connectivity index (χ1v) is 10.7. The number of carbonyl (C=O) groups is 1. The maximum absolute atomic E-state index is 13.3. The van der Waals surface area contributed by atoms with E-state index in [-0.39, 0.29) is 5.91 Å². The van der Waals surface area contributed by atoms with Crippen LogP contribution in [0.25, 0.3) is 20.1 Å². The van der Waals surface area contributed by atoms with Gasteiger partial charge in [0.25, 0.3) is 5.91 Å². The summed E-state index contributed by atoms with van der Waals surface area (Å²) in [4.78, 5) is 21.3. The smallest absolute Gasteiger partial charge is 0.264 e. The van der Waals surface area contributed by atoms with Gasteiger partial charge in [0.05, 0.1) is 45.6 Å². The number of benzene rings is 1. The summed E-state index contributed by atoms with van der Waals surface area (Å²) in [7, 11) is 0. The molecule has 0 aliphatic heterocycles. The van der Waals surface area contributed by atoms with Crippen molar-refractivity contribution in [1.29, 1.82) is 0 Å². The van der Waals surface area contributed by atoms with Gasteiger partial charge in [0.2, 0.25) is 0 Å². The summed E-state index contributed by atoms with van der Waals surface area (Å²) in [6.07, 6.45) is 3.22. The van der Waals surface area contributed by atoms with E-state index >= 15 is 0 Å². The quantitative estimate of drug-likeness (QED) is 0.335. The van der Waals surface area contributed by atoms with Crippen molar-refractivity contribution in [1.82, 2.24) is 9.88 Å². The van der Waals surface area contributed by atoms with E-state index in [1.165, 1.54) is 11.3 Å². The van der Waals surface area contributed by atoms with Crippen molar-refractivity contribution in [2.45, 2.75) is 13.1 Å². The van der Waals surface area contributed by atoms with Crippen LogP contribution < -0.4 is 0 Å². The van der Waals surface area contributed by atoms with Crippen molar-refractivity contribution in [2.24, 2.45) is 0 Å². The van der Waals surface area contributed by atoms with Gasteiger partial charge in [-0.3, -0.25) is 4.79 Å². The van der Waals surface area contributed by atoms with E-state index in [2.05, 4.69) is 6.07 Å². The maximum Gasteiger partial charge on any atom is 0.264 e. The summed E-state index contributed by atoms with van der Waals surface area (Å²) in [5, 5.41) is 0.930. The minimum absolute atomic E-state index is 0.0600. The van der Waals surface area contributed by atoms with Gasteiger partial charge in [-0.15, -0.1) is 22.7 Å². The molecule has 0 saturated heterocycles. The van der Waals surface area contributed by atoms with Crippen LogP contribution in [0.5, 0.6) is 0 Å². The summed E-state index contributed by atoms with van der Waals surface area (Å²) < 4.78 is 12.0. The molecule has 0 aliphatic rings. The molecule has 1 aromatic carbocycles. The number of rotatable bonds is 6. The second-order valence-corrected chi connectivity index (χ2v) is 8.59. The molecule has 0 fully saturated rings. The van der Waals surface area contributed by atoms with Crippen LogP contribution in [0.1, 0.15) is 21.2 Å². The molecule has 5 rings (SSSR count). The van der Waals surface area contributed by atoms with E-state index in [0.29, 0.717) is 18.0 Å². The molecule has 5 nitrogen and oxygen atoms in total. The monoisotopic (exact) mass is 420 g/mol. The Morgan fingerprint density at radius 1 is 0.862 bits per heavy atom. The third-order valence-corrected chi connectivity index (χ3v) is 6.74. The molecular weight excluding hydrogens is 404 g/mol. The molecule has 29 heavy (non-hydrogen) atoms. The standard InChI is InChI=1S/C22H16N2O3S2/c25-22(24(13-15-5-3-11-26-15)14-16-6-4-12-27-16)20-10-9-19(28-20)21-23-17-7-1-2-8-18(17)29-21/h1-12H,13-14H2. The minimum atomic E-state index is -0.0600. The highest BCUT2D eigenvalue weighted by Gasteiger charge is 2.21. The average Bonchev–Trinajstić information content (AvgIpc) is 3.54. The molecule has 144 valence electrons. The zero-order valence-corrected chi connectivity index (χ0v) is 16.9. The van der Waals surface area contributed by atoms with Crippen molar-refractivity contribution in [3.8, 4) is 9.88 Å². The molecule has 0 N–H and O–H groups in total. The molecule has 7 heteroatoms. The minimum Gasteiger partial charge on any atom is -0.467 e. The van der Waals surface area contributed by atoms with Crippen LogP contribution in [0.3, 0.4) is 0 Å². The molecule has 4 aromatic heterocycles. The van der Waals surface area contributed by atoms with Crippen LogP contribution >= 0.6 is 22.7 Å². The number of aromatic nitrogens is 1. The third kappa shape index (κ3) is 3.74. The van der Waals surface area contributed by atoms with Crippen molar-refractivity contribution in [3.63, 3.8) is 0 Å². The average molecular weight is 421 g/mol. The molecule has 0 saturated carbocycles. The zero-order chi connectivity index (χ0) is 19.6. The number of thiophene rings is 1. The normalized spacial score (nSPS) is 11.2. The number of carbonyl (C=O) groups excluding carboxylic acids is 1. The van der Waals surface area contributed by atoms with Crippen LogP contribution in [-0.4, -0.2) is 15.8 Å². The number of furan rings is 2. The third-order valence-electron chi connectivity index (χ3n) is 4.46. The SMILES string of the molecule is O=C(c1ccc(-c2nc3ccccc3s2)s1)N(Cc1ccco1)Cc1ccco1. The molecule has 0 radical (unpaired) electrons. The van der Waals surface area contributed by atoms with Crippen LogP contribution in [0.15, 0.2) is 82.0 Å². The number of hydrogen-bond donors (Lipinski definition) is 0. The van der Waals surface area contributed by atoms with Crippen LogP contribution in [0.2, 0.25) is 0 Å². The first kappa shape index (κ1) is 17.9. The van der Waals surface area contributed by atoms with Crippen molar-refractivity contribution >= 4 is 38.8 Å². The van der Waals surface area contributed by atoms with E-state index in [1.54, 1.807) is 28.8 Å². The molecule has 1 amide bonds. The second kappa shape index (κ2) is 7.69. The molecule has 0 spiro atoms. The van der Waals surface area contributed by atoms with Crippen LogP contribution in [-0.2, 0) is 13.1 Å². The Balaban J connectivity index is 1.42. The molecule has 4 heterocycles. The highest BCUT2D eigenvalue weighted by molar-refractivity contribution is 7.26. The summed E-state index contributed by atoms with van der Waals surface area (Å²) >= 11 is 3.09. The fourth-order valence-electron chi connectivity index (χ4n) is 3.08. The number of fused-ring (bicyclic) bond motifs is 1. The van der Waals surface area contributed by atoms with Gasteiger partial charge in [0, 0.05) is 0 Å². The number of thiazole rings is 1. The number of nitrogens with zero attached hydrogens (tertiary/aromatic N) is 2. The first-order chi connectivity index (χ1) is 14.3. The van der Waals surface area contributed by atoms with Gasteiger partial charge >= 0.3 is 0 Å². The van der Waals surface area contributed by atoms with Gasteiger partial charge in [-0.1, -0.05) is 12.1 Å². The van der Waals surface area contributed by atoms with E-state index in [1.807, 2.05) is 54.6 Å². The van der Waals surface area contributed by atoms with E-state index in [9.17, 15) is 4.79 Å². The number of hydrogen-bond acceptors (Lipinski definition) is 6. The summed E-state index contributed by atoms with van der Waals surface area (Å²) in [6.45, 7) is 0.752. The van der Waals surface area contributed by atoms with Crippen LogP contribution in [0, 0.1) is 0 Å². The molecule has 5 aromatic rings. The Labute approximate surface area is 174 Å². The summed E-state index contributed by atoms with van der Waals surface area (Å²) in [5.74, 6) is 1.40. The van der Waals surface area contributed by atoms with Crippen molar-refractivity contribution in [2.75, 3.05) is 0 Å². The van der Waals surface area contributed by atoms with Gasteiger partial charge in [-0.05, 0) is 48.5 Å². The highest BCUT2D eigenvalue weighted by atomic mass is 32.1. The first-order valence-electron chi connectivity index (χ1n) is 9.06.